The lowest BCUT2D eigenvalue weighted by molar-refractivity contribution is -0.138. The molecule has 0 saturated carbocycles. The number of aliphatic hydroxyl groups is 1. The van der Waals surface area contributed by atoms with Crippen LogP contribution in [0.2, 0.25) is 0 Å². The molecular formula is C9H21N2O6P. The smallest absolute Gasteiger partial charge is 0.392 e. The van der Waals surface area contributed by atoms with E-state index in [1.54, 1.807) is 19.0 Å². The first-order valence-corrected chi connectivity index (χ1v) is 6.97. The summed E-state index contributed by atoms with van der Waals surface area (Å²) < 4.78 is 14.5. The molecule has 0 aromatic heterocycles. The third kappa shape index (κ3) is 8.57. The molecule has 0 aliphatic heterocycles. The topological polar surface area (TPSA) is 119 Å². The van der Waals surface area contributed by atoms with E-state index in [9.17, 15) is 14.5 Å². The van der Waals surface area contributed by atoms with Crippen molar-refractivity contribution in [1.29, 1.82) is 0 Å². The Labute approximate surface area is 106 Å². The quantitative estimate of drug-likeness (QED) is 0.415. The number of nitrogens with zero attached hydrogens (tertiary/aromatic N) is 1. The Hall–Kier alpha value is -0.500. The van der Waals surface area contributed by atoms with Crippen molar-refractivity contribution < 1.29 is 28.8 Å². The number of aliphatic hydroxyl groups excluding tert-OH is 1. The van der Waals surface area contributed by atoms with Gasteiger partial charge >= 0.3 is 13.8 Å². The summed E-state index contributed by atoms with van der Waals surface area (Å²) in [6, 6.07) is -0.852. The van der Waals surface area contributed by atoms with Gasteiger partial charge in [0.05, 0.1) is 6.10 Å². The Kier molecular flexibility index (Phi) is 7.61. The van der Waals surface area contributed by atoms with E-state index < -0.39 is 25.9 Å². The third-order valence-electron chi connectivity index (χ3n) is 2.21. The minimum Gasteiger partial charge on any atom is -0.392 e. The number of phosphoric acid groups is 1. The van der Waals surface area contributed by atoms with E-state index in [2.05, 4.69) is 9.84 Å². The molecule has 0 radical (unpaired) electrons. The highest BCUT2D eigenvalue weighted by Gasteiger charge is 2.27. The van der Waals surface area contributed by atoms with Gasteiger partial charge in [0.25, 0.3) is 0 Å². The molecular weight excluding hydrogens is 263 g/mol. The van der Waals surface area contributed by atoms with Crippen molar-refractivity contribution in [1.82, 2.24) is 10.2 Å². The summed E-state index contributed by atoms with van der Waals surface area (Å²) in [5.74, 6) is -1.03. The van der Waals surface area contributed by atoms with Crippen molar-refractivity contribution in [3.63, 3.8) is 0 Å². The van der Waals surface area contributed by atoms with Gasteiger partial charge in [0.15, 0.2) is 0 Å². The van der Waals surface area contributed by atoms with Crippen molar-refractivity contribution in [2.45, 2.75) is 25.0 Å². The minimum atomic E-state index is -4.82. The Morgan fingerprint density at radius 2 is 1.94 bits per heavy atom. The molecule has 0 rings (SSSR count). The Morgan fingerprint density at radius 3 is 2.33 bits per heavy atom. The molecule has 9 heteroatoms. The molecule has 1 unspecified atom stereocenters. The van der Waals surface area contributed by atoms with Gasteiger partial charge in [-0.25, -0.2) is 9.36 Å². The van der Waals surface area contributed by atoms with Crippen molar-refractivity contribution >= 4 is 13.8 Å². The zero-order chi connectivity index (χ0) is 14.3. The predicted octanol–water partition coefficient (Wildman–Crippen LogP) is -1.09. The van der Waals surface area contributed by atoms with E-state index in [0.29, 0.717) is 13.0 Å². The second kappa shape index (κ2) is 7.83. The Morgan fingerprint density at radius 1 is 1.39 bits per heavy atom. The number of hydrogen-bond donors (Lipinski definition) is 4. The molecule has 8 nitrogen and oxygen atoms in total. The number of phosphoric ester groups is 1. The summed E-state index contributed by atoms with van der Waals surface area (Å²) >= 11 is 0. The van der Waals surface area contributed by atoms with Gasteiger partial charge in [-0.2, -0.15) is 0 Å². The fraction of sp³-hybridized carbons (Fsp3) is 0.889. The summed E-state index contributed by atoms with van der Waals surface area (Å²) in [7, 11) is 0.270. The van der Waals surface area contributed by atoms with Crippen molar-refractivity contribution in [2.24, 2.45) is 0 Å². The number of carbonyl (C=O) groups is 1. The first-order chi connectivity index (χ1) is 8.15. The van der Waals surface area contributed by atoms with E-state index in [-0.39, 0.29) is 6.42 Å². The molecule has 0 aromatic carbocycles. The molecule has 4 N–H and O–H groups in total. The van der Waals surface area contributed by atoms with Crippen molar-refractivity contribution in [3.05, 3.63) is 0 Å². The molecule has 2 atom stereocenters. The number of nitrogens with one attached hydrogen (secondary N) is 1. The first-order valence-electron chi connectivity index (χ1n) is 5.44. The first kappa shape index (κ1) is 17.5. The van der Waals surface area contributed by atoms with Gasteiger partial charge in [-0.15, -0.1) is 0 Å². The number of rotatable bonds is 8. The number of hydrogen-bond acceptors (Lipinski definition) is 6. The summed E-state index contributed by atoms with van der Waals surface area (Å²) in [4.78, 5) is 30.2. The highest BCUT2D eigenvalue weighted by molar-refractivity contribution is 7.46. The number of carbonyl (C=O) groups excluding carboxylic acids is 1. The van der Waals surface area contributed by atoms with Crippen LogP contribution in [0, 0.1) is 0 Å². The molecule has 0 spiro atoms. The Bertz CT molecular complexity index is 305. The second-order valence-electron chi connectivity index (χ2n) is 4.24. The van der Waals surface area contributed by atoms with Gasteiger partial charge in [-0.05, 0) is 34.0 Å². The molecule has 18 heavy (non-hydrogen) atoms. The zero-order valence-electron chi connectivity index (χ0n) is 10.7. The fourth-order valence-corrected chi connectivity index (χ4v) is 1.79. The average Bonchev–Trinajstić information content (AvgIpc) is 2.14. The van der Waals surface area contributed by atoms with E-state index in [1.807, 2.05) is 0 Å². The van der Waals surface area contributed by atoms with E-state index in [0.717, 1.165) is 0 Å². The summed E-state index contributed by atoms with van der Waals surface area (Å²) in [5.41, 5.74) is 0. The molecule has 0 aromatic rings. The van der Waals surface area contributed by atoms with Crippen molar-refractivity contribution in [2.75, 3.05) is 27.7 Å². The van der Waals surface area contributed by atoms with Gasteiger partial charge in [0, 0.05) is 6.54 Å². The molecule has 0 heterocycles. The number of likely N-dealkylation sites (N-methyl/N-ethyl adjacent to an activating group) is 2. The van der Waals surface area contributed by atoms with Gasteiger partial charge in [-0.1, -0.05) is 0 Å². The standard InChI is InChI=1S/C9H21N2O6P/c1-10-8(9(13)17-18(14,15)16)5-4-7(12)6-11(2)3/h7-8,10,12H,4-6H2,1-3H3,(H2,14,15,16)/t7?,8-/m0/s1. The summed E-state index contributed by atoms with van der Waals surface area (Å²) in [5, 5.41) is 12.2. The molecule has 108 valence electrons. The average molecular weight is 284 g/mol. The highest BCUT2D eigenvalue weighted by atomic mass is 31.2. The molecule has 0 fully saturated rings. The van der Waals surface area contributed by atoms with Crippen LogP contribution in [-0.2, 0) is 13.9 Å². The normalized spacial score (nSPS) is 15.5. The maximum atomic E-state index is 11.4. The third-order valence-corrected chi connectivity index (χ3v) is 2.62. The SMILES string of the molecule is CN[C@@H](CCC(O)CN(C)C)C(=O)OP(=O)(O)O. The lowest BCUT2D eigenvalue weighted by Gasteiger charge is -2.19. The zero-order valence-corrected chi connectivity index (χ0v) is 11.6. The van der Waals surface area contributed by atoms with E-state index >= 15 is 0 Å². The molecule has 0 amide bonds. The van der Waals surface area contributed by atoms with Crippen LogP contribution in [0.15, 0.2) is 0 Å². The fourth-order valence-electron chi connectivity index (χ4n) is 1.43. The predicted molar refractivity (Wildman–Crippen MR) is 64.8 cm³/mol. The molecule has 0 aliphatic rings. The van der Waals surface area contributed by atoms with Crippen LogP contribution in [0.1, 0.15) is 12.8 Å². The van der Waals surface area contributed by atoms with E-state index in [1.165, 1.54) is 7.05 Å². The summed E-state index contributed by atoms with van der Waals surface area (Å²) in [6.07, 6.45) is -0.0664. The minimum absolute atomic E-state index is 0.227. The van der Waals surface area contributed by atoms with Crippen LogP contribution in [-0.4, -0.2) is 65.6 Å². The molecule has 0 saturated heterocycles. The van der Waals surface area contributed by atoms with Crippen LogP contribution < -0.4 is 5.32 Å². The van der Waals surface area contributed by atoms with Gasteiger partial charge in [-0.3, -0.25) is 9.79 Å². The monoisotopic (exact) mass is 284 g/mol. The van der Waals surface area contributed by atoms with Crippen LogP contribution in [0.4, 0.5) is 0 Å². The second-order valence-corrected chi connectivity index (χ2v) is 5.40. The largest absolute Gasteiger partial charge is 0.527 e. The van der Waals surface area contributed by atoms with Crippen LogP contribution in [0.25, 0.3) is 0 Å². The van der Waals surface area contributed by atoms with Crippen LogP contribution >= 0.6 is 7.82 Å². The Balaban J connectivity index is 4.19. The molecule has 0 bridgehead atoms. The van der Waals surface area contributed by atoms with Crippen molar-refractivity contribution in [3.8, 4) is 0 Å². The van der Waals surface area contributed by atoms with Crippen LogP contribution in [0.3, 0.4) is 0 Å². The lowest BCUT2D eigenvalue weighted by atomic mass is 10.1. The maximum Gasteiger partial charge on any atom is 0.527 e. The van der Waals surface area contributed by atoms with Gasteiger partial charge in [0.1, 0.15) is 6.04 Å². The molecule has 0 aliphatic carbocycles. The highest BCUT2D eigenvalue weighted by Crippen LogP contribution is 2.36. The van der Waals surface area contributed by atoms with Crippen LogP contribution in [0.5, 0.6) is 0 Å². The van der Waals surface area contributed by atoms with Gasteiger partial charge < -0.3 is 19.8 Å². The lowest BCUT2D eigenvalue weighted by Crippen LogP contribution is -2.36. The summed E-state index contributed by atoms with van der Waals surface area (Å²) in [6.45, 7) is 0.448. The van der Waals surface area contributed by atoms with Gasteiger partial charge in [0.2, 0.25) is 0 Å². The maximum absolute atomic E-state index is 11.4. The van der Waals surface area contributed by atoms with E-state index in [4.69, 9.17) is 9.79 Å².